The second kappa shape index (κ2) is 6.87. The molecule has 0 bridgehead atoms. The van der Waals surface area contributed by atoms with Gasteiger partial charge in [-0.25, -0.2) is 22.5 Å². The molecule has 0 fully saturated rings. The number of nitrogens with zero attached hydrogens (tertiary/aromatic N) is 2. The standard InChI is InChI=1S/C18H15F4N3O/c1-2-13(23)17-24-14-5-3-4-12(16(21)22)15(14)18(26)25(17)11-7-9(19)6-10(20)8-11/h3-8,13,16H,2,23H2,1H3. The van der Waals surface area contributed by atoms with Crippen LogP contribution in [0.15, 0.2) is 41.2 Å². The van der Waals surface area contributed by atoms with E-state index in [4.69, 9.17) is 5.73 Å². The van der Waals surface area contributed by atoms with Crippen molar-refractivity contribution >= 4 is 10.9 Å². The third-order valence-corrected chi connectivity index (χ3v) is 4.07. The predicted molar refractivity (Wildman–Crippen MR) is 89.4 cm³/mol. The summed E-state index contributed by atoms with van der Waals surface area (Å²) in [5, 5.41) is -0.306. The normalized spacial score (nSPS) is 12.7. The Hall–Kier alpha value is -2.74. The zero-order valence-corrected chi connectivity index (χ0v) is 13.7. The molecule has 0 aliphatic rings. The van der Waals surface area contributed by atoms with Crippen molar-refractivity contribution in [2.24, 2.45) is 5.73 Å². The Kier molecular flexibility index (Phi) is 4.78. The Labute approximate surface area is 145 Å². The van der Waals surface area contributed by atoms with Crippen LogP contribution in [0.4, 0.5) is 17.6 Å². The molecule has 0 saturated carbocycles. The Morgan fingerprint density at radius 1 is 1.15 bits per heavy atom. The molecule has 3 aromatic rings. The van der Waals surface area contributed by atoms with Gasteiger partial charge in [0.1, 0.15) is 17.5 Å². The molecular weight excluding hydrogens is 350 g/mol. The smallest absolute Gasteiger partial charge is 0.266 e. The maximum absolute atomic E-state index is 13.7. The van der Waals surface area contributed by atoms with Crippen LogP contribution in [0.1, 0.15) is 37.2 Å². The summed E-state index contributed by atoms with van der Waals surface area (Å²) in [6.07, 6.45) is -2.53. The highest BCUT2D eigenvalue weighted by Crippen LogP contribution is 2.27. The average molecular weight is 365 g/mol. The third kappa shape index (κ3) is 3.08. The van der Waals surface area contributed by atoms with Crippen molar-refractivity contribution in [3.63, 3.8) is 0 Å². The summed E-state index contributed by atoms with van der Waals surface area (Å²) in [5.41, 5.74) is 4.55. The molecular formula is C18H15F4N3O. The molecule has 0 saturated heterocycles. The summed E-state index contributed by atoms with van der Waals surface area (Å²) in [6, 6.07) is 5.67. The molecule has 0 spiro atoms. The minimum absolute atomic E-state index is 0.0430. The molecule has 1 aromatic heterocycles. The van der Waals surface area contributed by atoms with Crippen LogP contribution in [0.3, 0.4) is 0 Å². The first-order chi connectivity index (χ1) is 12.3. The number of rotatable bonds is 4. The Bertz CT molecular complexity index is 1010. The lowest BCUT2D eigenvalue weighted by molar-refractivity contribution is 0.153. The molecule has 8 heteroatoms. The zero-order chi connectivity index (χ0) is 19.0. The molecule has 0 radical (unpaired) electrons. The van der Waals surface area contributed by atoms with Gasteiger partial charge in [-0.05, 0) is 24.6 Å². The highest BCUT2D eigenvalue weighted by atomic mass is 19.3. The number of aromatic nitrogens is 2. The van der Waals surface area contributed by atoms with E-state index in [0.29, 0.717) is 12.5 Å². The predicted octanol–water partition coefficient (Wildman–Crippen LogP) is 4.01. The number of alkyl halides is 2. The van der Waals surface area contributed by atoms with Gasteiger partial charge in [-0.15, -0.1) is 0 Å². The molecule has 0 aliphatic heterocycles. The quantitative estimate of drug-likeness (QED) is 0.711. The van der Waals surface area contributed by atoms with Gasteiger partial charge in [0.25, 0.3) is 12.0 Å². The summed E-state index contributed by atoms with van der Waals surface area (Å²) in [6.45, 7) is 1.74. The highest BCUT2D eigenvalue weighted by Gasteiger charge is 2.22. The van der Waals surface area contributed by atoms with Crippen molar-refractivity contribution in [3.05, 3.63) is 69.8 Å². The molecule has 1 heterocycles. The number of hydrogen-bond acceptors (Lipinski definition) is 3. The lowest BCUT2D eigenvalue weighted by Gasteiger charge is -2.18. The Morgan fingerprint density at radius 3 is 2.38 bits per heavy atom. The topological polar surface area (TPSA) is 60.9 Å². The minimum atomic E-state index is -2.91. The number of nitrogens with two attached hydrogens (primary N) is 1. The first-order valence-corrected chi connectivity index (χ1v) is 7.89. The van der Waals surface area contributed by atoms with Gasteiger partial charge in [0.15, 0.2) is 0 Å². The molecule has 0 aliphatic carbocycles. The van der Waals surface area contributed by atoms with E-state index >= 15 is 0 Å². The van der Waals surface area contributed by atoms with Crippen molar-refractivity contribution in [3.8, 4) is 5.69 Å². The van der Waals surface area contributed by atoms with Gasteiger partial charge < -0.3 is 5.73 Å². The molecule has 26 heavy (non-hydrogen) atoms. The maximum Gasteiger partial charge on any atom is 0.266 e. The fraction of sp³-hybridized carbons (Fsp3) is 0.222. The van der Waals surface area contributed by atoms with Gasteiger partial charge in [-0.3, -0.25) is 9.36 Å². The maximum atomic E-state index is 13.7. The van der Waals surface area contributed by atoms with Crippen LogP contribution in [0.5, 0.6) is 0 Å². The number of benzene rings is 2. The summed E-state index contributed by atoms with van der Waals surface area (Å²) in [7, 11) is 0. The molecule has 2 N–H and O–H groups in total. The van der Waals surface area contributed by atoms with E-state index in [0.717, 1.165) is 22.8 Å². The molecule has 4 nitrogen and oxygen atoms in total. The second-order valence-electron chi connectivity index (χ2n) is 5.80. The van der Waals surface area contributed by atoms with Crippen molar-refractivity contribution < 1.29 is 17.6 Å². The van der Waals surface area contributed by atoms with E-state index in [-0.39, 0.29) is 22.4 Å². The SMILES string of the molecule is CCC(N)c1nc2cccc(C(F)F)c2c(=O)n1-c1cc(F)cc(F)c1. The molecule has 2 aromatic carbocycles. The molecule has 3 rings (SSSR count). The first-order valence-electron chi connectivity index (χ1n) is 7.89. The van der Waals surface area contributed by atoms with Crippen LogP contribution >= 0.6 is 0 Å². The summed E-state index contributed by atoms with van der Waals surface area (Å²) in [5.74, 6) is -1.78. The van der Waals surface area contributed by atoms with Gasteiger partial charge in [0, 0.05) is 11.6 Å². The minimum Gasteiger partial charge on any atom is -0.321 e. The molecule has 136 valence electrons. The summed E-state index contributed by atoms with van der Waals surface area (Å²) < 4.78 is 54.9. The van der Waals surface area contributed by atoms with Crippen molar-refractivity contribution in [1.29, 1.82) is 0 Å². The molecule has 1 unspecified atom stereocenters. The lowest BCUT2D eigenvalue weighted by Crippen LogP contribution is -2.29. The zero-order valence-electron chi connectivity index (χ0n) is 13.7. The van der Waals surface area contributed by atoms with Crippen LogP contribution in [0.25, 0.3) is 16.6 Å². The lowest BCUT2D eigenvalue weighted by atomic mass is 10.1. The fourth-order valence-corrected chi connectivity index (χ4v) is 2.80. The Balaban J connectivity index is 2.47. The van der Waals surface area contributed by atoms with Gasteiger partial charge in [-0.2, -0.15) is 0 Å². The van der Waals surface area contributed by atoms with E-state index in [2.05, 4.69) is 4.98 Å². The third-order valence-electron chi connectivity index (χ3n) is 4.07. The van der Waals surface area contributed by atoms with Gasteiger partial charge in [0.2, 0.25) is 0 Å². The van der Waals surface area contributed by atoms with Gasteiger partial charge in [-0.1, -0.05) is 19.1 Å². The van der Waals surface area contributed by atoms with Gasteiger partial charge >= 0.3 is 0 Å². The van der Waals surface area contributed by atoms with E-state index in [1.54, 1.807) is 6.92 Å². The van der Waals surface area contributed by atoms with Crippen molar-refractivity contribution in [1.82, 2.24) is 9.55 Å². The summed E-state index contributed by atoms with van der Waals surface area (Å²) >= 11 is 0. The van der Waals surface area contributed by atoms with E-state index in [9.17, 15) is 22.4 Å². The first kappa shape index (κ1) is 18.1. The van der Waals surface area contributed by atoms with E-state index in [1.807, 2.05) is 0 Å². The average Bonchev–Trinajstić information content (AvgIpc) is 2.59. The Morgan fingerprint density at radius 2 is 1.81 bits per heavy atom. The van der Waals surface area contributed by atoms with Crippen molar-refractivity contribution in [2.45, 2.75) is 25.8 Å². The largest absolute Gasteiger partial charge is 0.321 e. The van der Waals surface area contributed by atoms with Crippen molar-refractivity contribution in [2.75, 3.05) is 0 Å². The monoisotopic (exact) mass is 365 g/mol. The van der Waals surface area contributed by atoms with Crippen LogP contribution in [-0.4, -0.2) is 9.55 Å². The van der Waals surface area contributed by atoms with Crippen LogP contribution < -0.4 is 11.3 Å². The molecule has 1 atom stereocenters. The number of hydrogen-bond donors (Lipinski definition) is 1. The van der Waals surface area contributed by atoms with Crippen LogP contribution in [0, 0.1) is 11.6 Å². The summed E-state index contributed by atoms with van der Waals surface area (Å²) in [4.78, 5) is 17.3. The number of halogens is 4. The van der Waals surface area contributed by atoms with E-state index < -0.39 is 35.2 Å². The van der Waals surface area contributed by atoms with Crippen LogP contribution in [0.2, 0.25) is 0 Å². The highest BCUT2D eigenvalue weighted by molar-refractivity contribution is 5.82. The number of fused-ring (bicyclic) bond motifs is 1. The van der Waals surface area contributed by atoms with Crippen LogP contribution in [-0.2, 0) is 0 Å². The fourth-order valence-electron chi connectivity index (χ4n) is 2.80. The van der Waals surface area contributed by atoms with Gasteiger partial charge in [0.05, 0.1) is 22.6 Å². The van der Waals surface area contributed by atoms with E-state index in [1.165, 1.54) is 12.1 Å². The molecule has 0 amide bonds. The second-order valence-corrected chi connectivity index (χ2v) is 5.80.